The Morgan fingerprint density at radius 3 is 2.62 bits per heavy atom. The molecule has 1 aliphatic carbocycles. The molecule has 0 saturated heterocycles. The molecule has 0 aromatic heterocycles. The van der Waals surface area contributed by atoms with Crippen molar-refractivity contribution in [3.05, 3.63) is 0 Å². The van der Waals surface area contributed by atoms with Crippen LogP contribution < -0.4 is 11.1 Å². The highest BCUT2D eigenvalue weighted by molar-refractivity contribution is 5.67. The van der Waals surface area contributed by atoms with Gasteiger partial charge in [-0.2, -0.15) is 0 Å². The maximum Gasteiger partial charge on any atom is 0.407 e. The molecule has 0 radical (unpaired) electrons. The van der Waals surface area contributed by atoms with Crippen molar-refractivity contribution >= 4 is 6.09 Å². The molecule has 1 fully saturated rings. The smallest absolute Gasteiger partial charge is 0.407 e. The van der Waals surface area contributed by atoms with Gasteiger partial charge in [-0.15, -0.1) is 0 Å². The number of carbonyl (C=O) groups excluding carboxylic acids is 1. The molecule has 1 saturated carbocycles. The minimum Gasteiger partial charge on any atom is -0.444 e. The molecule has 3 N–H and O–H groups in total. The molecule has 1 atom stereocenters. The lowest BCUT2D eigenvalue weighted by molar-refractivity contribution is 0.0503. The summed E-state index contributed by atoms with van der Waals surface area (Å²) in [6.07, 6.45) is 2.21. The van der Waals surface area contributed by atoms with E-state index in [2.05, 4.69) is 10.2 Å². The molecule has 0 heterocycles. The van der Waals surface area contributed by atoms with Crippen molar-refractivity contribution in [1.82, 2.24) is 10.2 Å². The molecule has 0 aromatic rings. The number of nitrogens with zero attached hydrogens (tertiary/aromatic N) is 1. The summed E-state index contributed by atoms with van der Waals surface area (Å²) in [5, 5.41) is 2.77. The van der Waals surface area contributed by atoms with E-state index in [-0.39, 0.29) is 6.04 Å². The quantitative estimate of drug-likeness (QED) is 0.626. The van der Waals surface area contributed by atoms with Gasteiger partial charge in [0.2, 0.25) is 0 Å². The lowest BCUT2D eigenvalue weighted by Gasteiger charge is -2.27. The maximum absolute atomic E-state index is 11.6. The Morgan fingerprint density at radius 2 is 2.10 bits per heavy atom. The molecule has 1 unspecified atom stereocenters. The average molecular weight is 301 g/mol. The van der Waals surface area contributed by atoms with Crippen molar-refractivity contribution in [2.75, 3.05) is 39.9 Å². The molecular formula is C15H31N3O3. The molecule has 21 heavy (non-hydrogen) atoms. The summed E-state index contributed by atoms with van der Waals surface area (Å²) in [6, 6.07) is 0.0852. The van der Waals surface area contributed by atoms with Crippen LogP contribution >= 0.6 is 0 Å². The molecule has 0 aliphatic heterocycles. The molecular weight excluding hydrogens is 270 g/mol. The van der Waals surface area contributed by atoms with Gasteiger partial charge in [-0.25, -0.2) is 4.79 Å². The summed E-state index contributed by atoms with van der Waals surface area (Å²) in [7, 11) is 1.99. The number of hydrogen-bond acceptors (Lipinski definition) is 5. The van der Waals surface area contributed by atoms with Gasteiger partial charge in [0.1, 0.15) is 5.60 Å². The SMILES string of the molecule is CN(CCOCC1CC1)C(CN)CNC(=O)OC(C)(C)C. The molecule has 124 valence electrons. The number of nitrogens with one attached hydrogen (secondary N) is 1. The van der Waals surface area contributed by atoms with Crippen molar-refractivity contribution in [3.8, 4) is 0 Å². The van der Waals surface area contributed by atoms with E-state index in [4.69, 9.17) is 15.2 Å². The van der Waals surface area contributed by atoms with Crippen LogP contribution in [-0.4, -0.2) is 62.5 Å². The van der Waals surface area contributed by atoms with Gasteiger partial charge >= 0.3 is 6.09 Å². The number of hydrogen-bond donors (Lipinski definition) is 2. The Hall–Kier alpha value is -0.850. The second-order valence-corrected chi connectivity index (χ2v) is 6.77. The first kappa shape index (κ1) is 18.2. The minimum atomic E-state index is -0.481. The van der Waals surface area contributed by atoms with Gasteiger partial charge in [0.15, 0.2) is 0 Å². The Labute approximate surface area is 128 Å². The normalized spacial score (nSPS) is 16.9. The Kier molecular flexibility index (Phi) is 7.42. The summed E-state index contributed by atoms with van der Waals surface area (Å²) < 4.78 is 10.8. The van der Waals surface area contributed by atoms with Crippen LogP contribution in [0.3, 0.4) is 0 Å². The monoisotopic (exact) mass is 301 g/mol. The van der Waals surface area contributed by atoms with E-state index in [9.17, 15) is 4.79 Å². The average Bonchev–Trinajstić information content (AvgIpc) is 3.17. The van der Waals surface area contributed by atoms with Gasteiger partial charge in [0.25, 0.3) is 0 Å². The molecule has 1 amide bonds. The summed E-state index contributed by atoms with van der Waals surface area (Å²) >= 11 is 0. The van der Waals surface area contributed by atoms with E-state index in [1.807, 2.05) is 27.8 Å². The predicted molar refractivity (Wildman–Crippen MR) is 83.3 cm³/mol. The highest BCUT2D eigenvalue weighted by atomic mass is 16.6. The third-order valence-electron chi connectivity index (χ3n) is 3.42. The topological polar surface area (TPSA) is 76.8 Å². The standard InChI is InChI=1S/C15H31N3O3/c1-15(2,3)21-14(19)17-10-13(9-16)18(4)7-8-20-11-12-5-6-12/h12-13H,5-11,16H2,1-4H3,(H,17,19). The number of carbonyl (C=O) groups is 1. The van der Waals surface area contributed by atoms with Crippen molar-refractivity contribution in [1.29, 1.82) is 0 Å². The van der Waals surface area contributed by atoms with Crippen LogP contribution in [0.4, 0.5) is 4.79 Å². The van der Waals surface area contributed by atoms with Crippen LogP contribution in [0.2, 0.25) is 0 Å². The largest absolute Gasteiger partial charge is 0.444 e. The highest BCUT2D eigenvalue weighted by Crippen LogP contribution is 2.28. The first-order valence-corrected chi connectivity index (χ1v) is 7.76. The molecule has 1 rings (SSSR count). The molecule has 6 nitrogen and oxygen atoms in total. The van der Waals surface area contributed by atoms with Crippen LogP contribution in [0.15, 0.2) is 0 Å². The predicted octanol–water partition coefficient (Wildman–Crippen LogP) is 1.20. The number of alkyl carbamates (subject to hydrolysis) is 1. The van der Waals surface area contributed by atoms with Gasteiger partial charge in [-0.1, -0.05) is 0 Å². The Balaban J connectivity index is 2.17. The van der Waals surface area contributed by atoms with Crippen LogP contribution in [0.5, 0.6) is 0 Å². The molecule has 0 bridgehead atoms. The molecule has 0 aromatic carbocycles. The van der Waals surface area contributed by atoms with Crippen LogP contribution in [-0.2, 0) is 9.47 Å². The van der Waals surface area contributed by atoms with Crippen molar-refractivity contribution in [2.45, 2.75) is 45.3 Å². The third kappa shape index (κ3) is 8.90. The first-order valence-electron chi connectivity index (χ1n) is 7.76. The minimum absolute atomic E-state index is 0.0852. The van der Waals surface area contributed by atoms with Crippen LogP contribution in [0.1, 0.15) is 33.6 Å². The number of amides is 1. The second kappa shape index (κ2) is 8.56. The zero-order valence-corrected chi connectivity index (χ0v) is 13.9. The summed E-state index contributed by atoms with van der Waals surface area (Å²) in [6.45, 7) is 8.88. The van der Waals surface area contributed by atoms with Gasteiger partial charge in [-0.05, 0) is 46.6 Å². The first-order chi connectivity index (χ1) is 9.81. The van der Waals surface area contributed by atoms with Crippen LogP contribution in [0, 0.1) is 5.92 Å². The lowest BCUT2D eigenvalue weighted by Crippen LogP contribution is -2.48. The van der Waals surface area contributed by atoms with Gasteiger partial charge in [-0.3, -0.25) is 4.90 Å². The van der Waals surface area contributed by atoms with Gasteiger partial charge in [0.05, 0.1) is 6.61 Å². The molecule has 1 aliphatic rings. The summed E-state index contributed by atoms with van der Waals surface area (Å²) in [4.78, 5) is 13.7. The summed E-state index contributed by atoms with van der Waals surface area (Å²) in [5.41, 5.74) is 5.29. The maximum atomic E-state index is 11.6. The number of ether oxygens (including phenoxy) is 2. The zero-order valence-electron chi connectivity index (χ0n) is 13.9. The van der Waals surface area contributed by atoms with Gasteiger partial charge < -0.3 is 20.5 Å². The Morgan fingerprint density at radius 1 is 1.43 bits per heavy atom. The van der Waals surface area contributed by atoms with E-state index in [0.717, 1.165) is 19.1 Å². The highest BCUT2D eigenvalue weighted by Gasteiger charge is 2.21. The summed E-state index contributed by atoms with van der Waals surface area (Å²) in [5.74, 6) is 0.787. The fraction of sp³-hybridized carbons (Fsp3) is 0.933. The van der Waals surface area contributed by atoms with Crippen molar-refractivity contribution < 1.29 is 14.3 Å². The number of nitrogens with two attached hydrogens (primary N) is 1. The fourth-order valence-electron chi connectivity index (χ4n) is 1.86. The third-order valence-corrected chi connectivity index (χ3v) is 3.42. The molecule has 0 spiro atoms. The van der Waals surface area contributed by atoms with E-state index >= 15 is 0 Å². The zero-order chi connectivity index (χ0) is 15.9. The lowest BCUT2D eigenvalue weighted by atomic mass is 10.2. The molecule has 6 heteroatoms. The number of likely N-dealkylation sites (N-methyl/N-ethyl adjacent to an activating group) is 1. The van der Waals surface area contributed by atoms with Crippen molar-refractivity contribution in [2.24, 2.45) is 11.7 Å². The van der Waals surface area contributed by atoms with E-state index in [1.54, 1.807) is 0 Å². The fourth-order valence-corrected chi connectivity index (χ4v) is 1.86. The van der Waals surface area contributed by atoms with E-state index in [0.29, 0.717) is 19.7 Å². The van der Waals surface area contributed by atoms with Crippen molar-refractivity contribution in [3.63, 3.8) is 0 Å². The van der Waals surface area contributed by atoms with E-state index in [1.165, 1.54) is 12.8 Å². The number of rotatable bonds is 9. The Bertz CT molecular complexity index is 314. The van der Waals surface area contributed by atoms with Crippen LogP contribution in [0.25, 0.3) is 0 Å². The van der Waals surface area contributed by atoms with Gasteiger partial charge in [0, 0.05) is 32.3 Å². The second-order valence-electron chi connectivity index (χ2n) is 6.77. The van der Waals surface area contributed by atoms with E-state index < -0.39 is 11.7 Å².